The fourth-order valence-electron chi connectivity index (χ4n) is 1.11. The Hall–Kier alpha value is -1.36. The van der Waals surface area contributed by atoms with E-state index in [1.165, 1.54) is 0 Å². The van der Waals surface area contributed by atoms with Gasteiger partial charge in [0, 0.05) is 12.6 Å². The molecule has 0 saturated heterocycles. The van der Waals surface area contributed by atoms with Crippen LogP contribution >= 0.6 is 0 Å². The van der Waals surface area contributed by atoms with E-state index in [1.807, 2.05) is 6.92 Å². The van der Waals surface area contributed by atoms with Gasteiger partial charge in [0.2, 0.25) is 11.6 Å². The normalized spacial score (nSPS) is 24.9. The molecule has 0 radical (unpaired) electrons. The van der Waals surface area contributed by atoms with Crippen LogP contribution in [0.5, 0.6) is 0 Å². The Morgan fingerprint density at radius 3 is 2.93 bits per heavy atom. The van der Waals surface area contributed by atoms with E-state index < -0.39 is 17.5 Å². The van der Waals surface area contributed by atoms with E-state index in [0.29, 0.717) is 6.54 Å². The quantitative estimate of drug-likeness (QED) is 0.521. The zero-order valence-corrected chi connectivity index (χ0v) is 8.04. The highest BCUT2D eigenvalue weighted by Crippen LogP contribution is 2.08. The largest absolute Gasteiger partial charge is 0.360 e. The van der Waals surface area contributed by atoms with E-state index in [2.05, 4.69) is 10.6 Å². The van der Waals surface area contributed by atoms with Gasteiger partial charge < -0.3 is 15.7 Å². The van der Waals surface area contributed by atoms with Gasteiger partial charge in [0.1, 0.15) is 0 Å². The summed E-state index contributed by atoms with van der Waals surface area (Å²) in [5.41, 5.74) is -1.86. The molecule has 2 amide bonds. The van der Waals surface area contributed by atoms with Gasteiger partial charge in [-0.3, -0.25) is 9.59 Å². The highest BCUT2D eigenvalue weighted by atomic mass is 16.3. The number of aliphatic hydroxyl groups is 1. The second kappa shape index (κ2) is 4.23. The van der Waals surface area contributed by atoms with Crippen LogP contribution in [0.25, 0.3) is 0 Å². The molecule has 0 aliphatic carbocycles. The van der Waals surface area contributed by atoms with Gasteiger partial charge in [-0.05, 0) is 12.5 Å². The van der Waals surface area contributed by atoms with Gasteiger partial charge >= 0.3 is 0 Å². The van der Waals surface area contributed by atoms with Crippen LogP contribution in [-0.4, -0.2) is 29.2 Å². The summed E-state index contributed by atoms with van der Waals surface area (Å²) in [4.78, 5) is 22.1. The number of rotatable bonds is 4. The van der Waals surface area contributed by atoms with Gasteiger partial charge in [-0.15, -0.1) is 0 Å². The number of unbranched alkanes of at least 4 members (excludes halogenated alkanes) is 1. The molecule has 0 saturated carbocycles. The van der Waals surface area contributed by atoms with Crippen molar-refractivity contribution in [1.82, 2.24) is 10.6 Å². The first-order valence-corrected chi connectivity index (χ1v) is 4.60. The zero-order valence-electron chi connectivity index (χ0n) is 8.04. The van der Waals surface area contributed by atoms with E-state index in [1.54, 1.807) is 0 Å². The average molecular weight is 198 g/mol. The molecular formula is C9H14N2O3. The summed E-state index contributed by atoms with van der Waals surface area (Å²) in [6.45, 7) is 2.50. The zero-order chi connectivity index (χ0) is 10.6. The molecule has 1 rings (SSSR count). The summed E-state index contributed by atoms with van der Waals surface area (Å²) in [5.74, 6) is -1.05. The molecule has 1 atom stereocenters. The van der Waals surface area contributed by atoms with Crippen LogP contribution in [0.15, 0.2) is 12.2 Å². The maximum absolute atomic E-state index is 11.4. The maximum atomic E-state index is 11.4. The molecule has 5 heteroatoms. The number of hydrogen-bond acceptors (Lipinski definition) is 3. The molecule has 1 heterocycles. The van der Waals surface area contributed by atoms with Crippen molar-refractivity contribution in [2.45, 2.75) is 25.5 Å². The summed E-state index contributed by atoms with van der Waals surface area (Å²) in [6, 6.07) is 0. The first-order valence-electron chi connectivity index (χ1n) is 4.60. The first kappa shape index (κ1) is 10.7. The monoisotopic (exact) mass is 198 g/mol. The second-order valence-electron chi connectivity index (χ2n) is 3.20. The highest BCUT2D eigenvalue weighted by Gasteiger charge is 2.37. The van der Waals surface area contributed by atoms with Gasteiger partial charge in [0.25, 0.3) is 5.91 Å². The third-order valence-corrected chi connectivity index (χ3v) is 1.95. The van der Waals surface area contributed by atoms with Gasteiger partial charge in [-0.2, -0.15) is 0 Å². The Morgan fingerprint density at radius 1 is 1.71 bits per heavy atom. The smallest absolute Gasteiger partial charge is 0.277 e. The summed E-state index contributed by atoms with van der Waals surface area (Å²) in [6.07, 6.45) is 4.09. The van der Waals surface area contributed by atoms with Crippen molar-refractivity contribution in [3.05, 3.63) is 12.2 Å². The Kier molecular flexibility index (Phi) is 3.24. The minimum Gasteiger partial charge on any atom is -0.360 e. The summed E-state index contributed by atoms with van der Waals surface area (Å²) >= 11 is 0. The fourth-order valence-corrected chi connectivity index (χ4v) is 1.11. The molecule has 5 nitrogen and oxygen atoms in total. The Bertz CT molecular complexity index is 275. The van der Waals surface area contributed by atoms with Crippen LogP contribution in [-0.2, 0) is 9.59 Å². The van der Waals surface area contributed by atoms with Crippen LogP contribution in [0, 0.1) is 0 Å². The Labute approximate surface area is 82.2 Å². The number of nitrogens with one attached hydrogen (secondary N) is 2. The van der Waals surface area contributed by atoms with Crippen molar-refractivity contribution in [2.24, 2.45) is 0 Å². The molecule has 1 aliphatic heterocycles. The molecule has 0 aromatic carbocycles. The van der Waals surface area contributed by atoms with Crippen LogP contribution in [0.1, 0.15) is 19.8 Å². The number of carbonyl (C=O) groups is 2. The SMILES string of the molecule is CCCCNC(=O)C1(O)C=CC(=O)N1. The molecule has 0 aromatic heterocycles. The van der Waals surface area contributed by atoms with Crippen LogP contribution in [0.3, 0.4) is 0 Å². The Morgan fingerprint density at radius 2 is 2.43 bits per heavy atom. The summed E-state index contributed by atoms with van der Waals surface area (Å²) in [7, 11) is 0. The minimum absolute atomic E-state index is 0.460. The van der Waals surface area contributed by atoms with E-state index in [0.717, 1.165) is 25.0 Å². The molecule has 14 heavy (non-hydrogen) atoms. The summed E-state index contributed by atoms with van der Waals surface area (Å²) < 4.78 is 0. The average Bonchev–Trinajstić information content (AvgIpc) is 2.48. The van der Waals surface area contributed by atoms with E-state index >= 15 is 0 Å². The van der Waals surface area contributed by atoms with E-state index in [-0.39, 0.29) is 0 Å². The lowest BCUT2D eigenvalue weighted by Gasteiger charge is -2.19. The van der Waals surface area contributed by atoms with Gasteiger partial charge in [-0.1, -0.05) is 13.3 Å². The van der Waals surface area contributed by atoms with Crippen LogP contribution < -0.4 is 10.6 Å². The molecular weight excluding hydrogens is 184 g/mol. The number of amides is 2. The lowest BCUT2D eigenvalue weighted by molar-refractivity contribution is -0.140. The molecule has 1 aliphatic rings. The van der Waals surface area contributed by atoms with Crippen LogP contribution in [0.4, 0.5) is 0 Å². The second-order valence-corrected chi connectivity index (χ2v) is 3.20. The molecule has 3 N–H and O–H groups in total. The number of hydrogen-bond donors (Lipinski definition) is 3. The Balaban J connectivity index is 2.44. The lowest BCUT2D eigenvalue weighted by Crippen LogP contribution is -2.54. The van der Waals surface area contributed by atoms with Crippen molar-refractivity contribution in [2.75, 3.05) is 6.54 Å². The first-order chi connectivity index (χ1) is 6.58. The topological polar surface area (TPSA) is 78.4 Å². The molecule has 1 unspecified atom stereocenters. The van der Waals surface area contributed by atoms with E-state index in [9.17, 15) is 14.7 Å². The summed E-state index contributed by atoms with van der Waals surface area (Å²) in [5, 5.41) is 14.3. The molecule has 0 spiro atoms. The predicted molar refractivity (Wildman–Crippen MR) is 50.2 cm³/mol. The van der Waals surface area contributed by atoms with E-state index in [4.69, 9.17) is 0 Å². The lowest BCUT2D eigenvalue weighted by atomic mass is 10.2. The van der Waals surface area contributed by atoms with Gasteiger partial charge in [0.15, 0.2) is 0 Å². The highest BCUT2D eigenvalue weighted by molar-refractivity contribution is 6.00. The van der Waals surface area contributed by atoms with Crippen molar-refractivity contribution < 1.29 is 14.7 Å². The molecule has 0 bridgehead atoms. The fraction of sp³-hybridized carbons (Fsp3) is 0.556. The third kappa shape index (κ3) is 2.32. The standard InChI is InChI=1S/C9H14N2O3/c1-2-3-6-10-8(13)9(14)5-4-7(12)11-9/h4-5,14H,2-3,6H2,1H3,(H,10,13)(H,11,12). The number of carbonyl (C=O) groups excluding carboxylic acids is 2. The van der Waals surface area contributed by atoms with Gasteiger partial charge in [-0.25, -0.2) is 0 Å². The van der Waals surface area contributed by atoms with Crippen LogP contribution in [0.2, 0.25) is 0 Å². The molecule has 78 valence electrons. The molecule has 0 aromatic rings. The third-order valence-electron chi connectivity index (χ3n) is 1.95. The van der Waals surface area contributed by atoms with Crippen molar-refractivity contribution in [3.8, 4) is 0 Å². The van der Waals surface area contributed by atoms with Crippen molar-refractivity contribution >= 4 is 11.8 Å². The van der Waals surface area contributed by atoms with Gasteiger partial charge in [0.05, 0.1) is 0 Å². The predicted octanol–water partition coefficient (Wildman–Crippen LogP) is -0.723. The van der Waals surface area contributed by atoms with Crippen molar-refractivity contribution in [3.63, 3.8) is 0 Å². The van der Waals surface area contributed by atoms with Crippen molar-refractivity contribution in [1.29, 1.82) is 0 Å². The molecule has 0 fully saturated rings. The maximum Gasteiger partial charge on any atom is 0.277 e. The minimum atomic E-state index is -1.86.